The minimum Gasteiger partial charge on any atom is -0.448 e. The molecule has 0 saturated carbocycles. The molecule has 0 radical (unpaired) electrons. The lowest BCUT2D eigenvalue weighted by Crippen LogP contribution is -2.70. The van der Waals surface area contributed by atoms with Crippen LogP contribution in [0.1, 0.15) is 39.6 Å². The van der Waals surface area contributed by atoms with E-state index in [9.17, 15) is 18.8 Å². The number of esters is 1. The molecule has 2 amide bonds. The third kappa shape index (κ3) is 7.61. The molecule has 10 nitrogen and oxygen atoms in total. The van der Waals surface area contributed by atoms with Crippen LogP contribution in [0, 0.1) is 0 Å². The van der Waals surface area contributed by atoms with Gasteiger partial charge < -0.3 is 20.2 Å². The molecule has 0 unspecified atom stereocenters. The Morgan fingerprint density at radius 3 is 1.84 bits per heavy atom. The van der Waals surface area contributed by atoms with Crippen molar-refractivity contribution in [3.8, 4) is 0 Å². The van der Waals surface area contributed by atoms with Crippen LogP contribution in [-0.2, 0) is 29.5 Å². The van der Waals surface area contributed by atoms with Gasteiger partial charge in [-0.15, -0.1) is 23.1 Å². The van der Waals surface area contributed by atoms with Crippen LogP contribution in [0.2, 0.25) is 0 Å². The smallest absolute Gasteiger partial charge is 0.355 e. The normalized spacial score (nSPS) is 16.4. The maximum atomic E-state index is 13.9. The molecule has 3 heterocycles. The predicted octanol–water partition coefficient (Wildman–Crippen LogP) is 7.81. The summed E-state index contributed by atoms with van der Waals surface area (Å²) in [5, 5.41) is 11.7. The number of thioether (sulfide) groups is 1. The highest BCUT2D eigenvalue weighted by atomic mass is 32.2. The number of hydrogen-bond donors (Lipinski definition) is 2. The Balaban J connectivity index is 1.02. The number of rotatable bonds is 14. The fourth-order valence-corrected chi connectivity index (χ4v) is 9.11. The first kappa shape index (κ1) is 38.3. The average molecular weight is 810 g/mol. The summed E-state index contributed by atoms with van der Waals surface area (Å²) >= 11 is 2.61. The summed E-state index contributed by atoms with van der Waals surface area (Å²) in [6.07, 6.45) is 0.944. The van der Waals surface area contributed by atoms with E-state index in [-0.39, 0.29) is 17.1 Å². The van der Waals surface area contributed by atoms with Gasteiger partial charge in [-0.3, -0.25) is 14.5 Å². The summed E-state index contributed by atoms with van der Waals surface area (Å²) in [6, 6.07) is 47.6. The number of alkyl halides is 1. The van der Waals surface area contributed by atoms with Crippen LogP contribution < -0.4 is 10.6 Å². The van der Waals surface area contributed by atoms with Gasteiger partial charge in [0.1, 0.15) is 28.3 Å². The summed E-state index contributed by atoms with van der Waals surface area (Å²) < 4.78 is 19.4. The van der Waals surface area contributed by atoms with Crippen molar-refractivity contribution in [1.82, 2.24) is 15.2 Å². The molecule has 290 valence electrons. The SMILES string of the molecule is O=C(N[C@@H]1C(=O)N2C(C(=O)OC(c3ccccc3)c3ccccc3)=CCS[C@H]12)C(=NOCF)c1csc(NC(c2ccccc2)(c2ccccc2)c2ccccc2)n1. The van der Waals surface area contributed by atoms with E-state index in [1.807, 2.05) is 152 Å². The molecule has 2 aliphatic rings. The van der Waals surface area contributed by atoms with Crippen LogP contribution in [0.5, 0.6) is 0 Å². The summed E-state index contributed by atoms with van der Waals surface area (Å²) in [5.74, 6) is -1.57. The lowest BCUT2D eigenvalue weighted by molar-refractivity contribution is -0.154. The summed E-state index contributed by atoms with van der Waals surface area (Å²) in [4.78, 5) is 52.2. The number of amides is 2. The second-order valence-corrected chi connectivity index (χ2v) is 15.3. The van der Waals surface area contributed by atoms with Gasteiger partial charge in [0.15, 0.2) is 16.9 Å². The zero-order valence-corrected chi connectivity index (χ0v) is 32.4. The molecule has 2 atom stereocenters. The van der Waals surface area contributed by atoms with Crippen LogP contribution in [0.15, 0.2) is 174 Å². The van der Waals surface area contributed by atoms with E-state index in [2.05, 4.69) is 15.8 Å². The molecular weight excluding hydrogens is 774 g/mol. The van der Waals surface area contributed by atoms with Crippen molar-refractivity contribution in [2.24, 2.45) is 5.16 Å². The van der Waals surface area contributed by atoms with Gasteiger partial charge in [0.2, 0.25) is 0 Å². The highest BCUT2D eigenvalue weighted by Gasteiger charge is 2.53. The summed E-state index contributed by atoms with van der Waals surface area (Å²) in [5.41, 5.74) is 3.38. The summed E-state index contributed by atoms with van der Waals surface area (Å²) in [7, 11) is 0. The van der Waals surface area contributed by atoms with E-state index >= 15 is 0 Å². The van der Waals surface area contributed by atoms with Crippen LogP contribution in [-0.4, -0.2) is 57.4 Å². The number of halogens is 1. The number of hydrogen-bond acceptors (Lipinski definition) is 10. The zero-order chi connectivity index (χ0) is 39.9. The van der Waals surface area contributed by atoms with Crippen molar-refractivity contribution in [3.05, 3.63) is 202 Å². The number of β-lactam (4-membered cyclic amide) rings is 1. The van der Waals surface area contributed by atoms with Gasteiger partial charge in [0.05, 0.1) is 0 Å². The van der Waals surface area contributed by atoms with Gasteiger partial charge in [-0.25, -0.2) is 14.2 Å². The van der Waals surface area contributed by atoms with Crippen LogP contribution in [0.4, 0.5) is 9.52 Å². The van der Waals surface area contributed by atoms with E-state index in [1.165, 1.54) is 28.0 Å². The van der Waals surface area contributed by atoms with Crippen molar-refractivity contribution in [3.63, 3.8) is 0 Å². The van der Waals surface area contributed by atoms with Gasteiger partial charge in [-0.05, 0) is 33.9 Å². The number of nitrogens with one attached hydrogen (secondary N) is 2. The Hall–Kier alpha value is -6.57. The van der Waals surface area contributed by atoms with Crippen molar-refractivity contribution >= 4 is 51.7 Å². The molecule has 6 aromatic rings. The second kappa shape index (κ2) is 17.3. The summed E-state index contributed by atoms with van der Waals surface area (Å²) in [6.45, 7) is -1.29. The second-order valence-electron chi connectivity index (χ2n) is 13.3. The molecule has 0 bridgehead atoms. The Bertz CT molecular complexity index is 2300. The van der Waals surface area contributed by atoms with E-state index < -0.39 is 47.7 Å². The van der Waals surface area contributed by atoms with Crippen molar-refractivity contribution in [2.75, 3.05) is 17.9 Å². The zero-order valence-electron chi connectivity index (χ0n) is 30.8. The lowest BCUT2D eigenvalue weighted by Gasteiger charge is -2.48. The highest BCUT2D eigenvalue weighted by molar-refractivity contribution is 8.00. The van der Waals surface area contributed by atoms with Gasteiger partial charge >= 0.3 is 5.97 Å². The van der Waals surface area contributed by atoms with Gasteiger partial charge in [0, 0.05) is 11.1 Å². The fraction of sp³-hybridized carbons (Fsp3) is 0.133. The van der Waals surface area contributed by atoms with Gasteiger partial charge in [-0.1, -0.05) is 157 Å². The number of benzene rings is 5. The number of thiazole rings is 1. The molecule has 1 saturated heterocycles. The molecule has 13 heteroatoms. The van der Waals surface area contributed by atoms with E-state index in [4.69, 9.17) is 14.6 Å². The molecule has 8 rings (SSSR count). The molecule has 2 N–H and O–H groups in total. The number of carbonyl (C=O) groups is 3. The average Bonchev–Trinajstić information content (AvgIpc) is 3.75. The third-order valence-electron chi connectivity index (χ3n) is 9.85. The number of aromatic nitrogens is 1. The first-order valence-corrected chi connectivity index (χ1v) is 20.3. The van der Waals surface area contributed by atoms with E-state index in [0.717, 1.165) is 27.8 Å². The number of oxime groups is 1. The Morgan fingerprint density at radius 2 is 1.33 bits per heavy atom. The first-order chi connectivity index (χ1) is 28.5. The Morgan fingerprint density at radius 1 is 0.810 bits per heavy atom. The molecule has 0 aliphatic carbocycles. The number of carbonyl (C=O) groups excluding carboxylic acids is 3. The first-order valence-electron chi connectivity index (χ1n) is 18.4. The largest absolute Gasteiger partial charge is 0.448 e. The topological polar surface area (TPSA) is 122 Å². The molecule has 1 aromatic heterocycles. The number of ether oxygens (including phenoxy) is 1. The number of nitrogens with zero attached hydrogens (tertiary/aromatic N) is 3. The van der Waals surface area contributed by atoms with E-state index in [1.54, 1.807) is 11.5 Å². The molecule has 1 fully saturated rings. The Kier molecular flexibility index (Phi) is 11.4. The van der Waals surface area contributed by atoms with Crippen LogP contribution >= 0.6 is 23.1 Å². The standard InChI is InChI=1S/C45H36FN5O5S2/c46-29-55-50-37(35-28-58-44(47-35)49-45(32-20-10-3-11-21-32,33-22-12-4-13-23-33)34-24-14-5-15-25-34)40(52)48-38-41(53)51-36(26-27-57-42(38)51)43(54)56-39(30-16-6-1-7-17-30)31-18-8-2-9-19-31/h1-26,28,38-39,42H,27,29H2,(H,47,49)(H,48,52)/t38-,42-/m1/s1. The van der Waals surface area contributed by atoms with Crippen LogP contribution in [0.3, 0.4) is 0 Å². The van der Waals surface area contributed by atoms with E-state index in [0.29, 0.717) is 10.9 Å². The lowest BCUT2D eigenvalue weighted by atomic mass is 9.77. The molecular formula is C45H36FN5O5S2. The van der Waals surface area contributed by atoms with Crippen molar-refractivity contribution < 1.29 is 28.3 Å². The minimum absolute atomic E-state index is 0.0970. The monoisotopic (exact) mass is 809 g/mol. The number of fused-ring (bicyclic) bond motifs is 1. The predicted molar refractivity (Wildman–Crippen MR) is 222 cm³/mol. The van der Waals surface area contributed by atoms with Crippen molar-refractivity contribution in [1.29, 1.82) is 0 Å². The molecule has 2 aliphatic heterocycles. The Labute approximate surface area is 342 Å². The highest BCUT2D eigenvalue weighted by Crippen LogP contribution is 2.41. The van der Waals surface area contributed by atoms with Crippen LogP contribution in [0.25, 0.3) is 0 Å². The molecule has 0 spiro atoms. The molecule has 5 aromatic carbocycles. The van der Waals surface area contributed by atoms with Gasteiger partial charge in [-0.2, -0.15) is 0 Å². The fourth-order valence-electron chi connectivity index (χ4n) is 7.17. The van der Waals surface area contributed by atoms with Gasteiger partial charge in [0.25, 0.3) is 18.7 Å². The maximum Gasteiger partial charge on any atom is 0.355 e. The number of anilines is 1. The molecule has 58 heavy (non-hydrogen) atoms. The maximum absolute atomic E-state index is 13.9. The minimum atomic E-state index is -1.29. The third-order valence-corrected chi connectivity index (χ3v) is 11.8. The quantitative estimate of drug-likeness (QED) is 0.0376. The van der Waals surface area contributed by atoms with Crippen molar-refractivity contribution in [2.45, 2.75) is 23.1 Å².